The predicted octanol–water partition coefficient (Wildman–Crippen LogP) is 4.94. The second-order valence-electron chi connectivity index (χ2n) is 14.2. The second-order valence-corrected chi connectivity index (χ2v) is 16.1. The van der Waals surface area contributed by atoms with Crippen molar-refractivity contribution in [2.45, 2.75) is 76.8 Å². The van der Waals surface area contributed by atoms with Gasteiger partial charge in [0.05, 0.1) is 18.2 Å². The van der Waals surface area contributed by atoms with E-state index in [0.29, 0.717) is 31.6 Å². The van der Waals surface area contributed by atoms with Crippen LogP contribution in [0.25, 0.3) is 22.2 Å². The molecule has 10 nitrogen and oxygen atoms in total. The number of aromatic nitrogens is 1. The highest BCUT2D eigenvalue weighted by atomic mass is 32.2. The highest BCUT2D eigenvalue weighted by molar-refractivity contribution is 7.87. The van der Waals surface area contributed by atoms with Crippen molar-refractivity contribution in [1.82, 2.24) is 23.4 Å². The lowest BCUT2D eigenvalue weighted by Crippen LogP contribution is -2.55. The first-order chi connectivity index (χ1) is 22.5. The lowest BCUT2D eigenvalue weighted by atomic mass is 9.81. The number of fused-ring (bicyclic) bond motifs is 7. The highest BCUT2D eigenvalue weighted by Gasteiger charge is 2.64. The van der Waals surface area contributed by atoms with E-state index in [1.54, 1.807) is 13.2 Å². The monoisotopic (exact) mass is 661 g/mol. The number of hydrogen-bond donors (Lipinski definition) is 1. The van der Waals surface area contributed by atoms with Gasteiger partial charge in [-0.15, -0.1) is 0 Å². The normalized spacial score (nSPS) is 24.8. The molecule has 3 heterocycles. The molecule has 0 spiro atoms. The van der Waals surface area contributed by atoms with Crippen molar-refractivity contribution in [3.8, 4) is 17.0 Å². The van der Waals surface area contributed by atoms with Crippen molar-refractivity contribution >= 4 is 32.9 Å². The fourth-order valence-corrected chi connectivity index (χ4v) is 9.19. The Morgan fingerprint density at radius 2 is 1.83 bits per heavy atom. The predicted molar refractivity (Wildman–Crippen MR) is 183 cm³/mol. The van der Waals surface area contributed by atoms with Crippen molar-refractivity contribution in [1.29, 1.82) is 0 Å². The van der Waals surface area contributed by atoms with E-state index in [-0.39, 0.29) is 17.4 Å². The van der Waals surface area contributed by atoms with Gasteiger partial charge in [-0.05, 0) is 80.1 Å². The van der Waals surface area contributed by atoms with Crippen LogP contribution in [0.1, 0.15) is 85.7 Å². The number of likely N-dealkylation sites (N-methyl/N-ethyl adjacent to an activating group) is 1. The largest absolute Gasteiger partial charge is 0.497 e. The molecular weight excluding hydrogens is 614 g/mol. The highest BCUT2D eigenvalue weighted by Crippen LogP contribution is 2.66. The molecule has 3 unspecified atom stereocenters. The summed E-state index contributed by atoms with van der Waals surface area (Å²) < 4.78 is 36.3. The summed E-state index contributed by atoms with van der Waals surface area (Å²) in [5.41, 5.74) is 5.25. The van der Waals surface area contributed by atoms with E-state index in [1.807, 2.05) is 18.2 Å². The van der Waals surface area contributed by atoms with Gasteiger partial charge in [-0.3, -0.25) is 14.5 Å². The SMILES string of the molecule is CCN1CCN(C(=O)C23CC2c2cc(OC)ccc2-c2c(C4CCCCC4)c4ccc(C(=O)NS(=O)(=O)N(C)C)cc4n2C3)CC1C. The van der Waals surface area contributed by atoms with Gasteiger partial charge in [0.1, 0.15) is 5.75 Å². The van der Waals surface area contributed by atoms with Gasteiger partial charge in [0.15, 0.2) is 0 Å². The minimum Gasteiger partial charge on any atom is -0.497 e. The molecule has 252 valence electrons. The first-order valence-electron chi connectivity index (χ1n) is 17.1. The van der Waals surface area contributed by atoms with Gasteiger partial charge in [-0.1, -0.05) is 32.3 Å². The topological polar surface area (TPSA) is 104 Å². The molecule has 3 fully saturated rings. The van der Waals surface area contributed by atoms with Crippen LogP contribution in [-0.4, -0.2) is 92.3 Å². The van der Waals surface area contributed by atoms with Crippen LogP contribution in [0.4, 0.5) is 0 Å². The molecular formula is C36H47N5O5S. The lowest BCUT2D eigenvalue weighted by molar-refractivity contribution is -0.140. The third kappa shape index (κ3) is 5.34. The molecule has 3 aromatic rings. The summed E-state index contributed by atoms with van der Waals surface area (Å²) >= 11 is 0. The molecule has 1 N–H and O–H groups in total. The number of methoxy groups -OCH3 is 1. The summed E-state index contributed by atoms with van der Waals surface area (Å²) in [5.74, 6) is 0.735. The Hall–Kier alpha value is -3.41. The summed E-state index contributed by atoms with van der Waals surface area (Å²) in [4.78, 5) is 32.6. The average Bonchev–Trinajstić information content (AvgIpc) is 3.74. The van der Waals surface area contributed by atoms with E-state index in [2.05, 4.69) is 45.1 Å². The summed E-state index contributed by atoms with van der Waals surface area (Å²) in [6.07, 6.45) is 6.51. The van der Waals surface area contributed by atoms with Crippen LogP contribution >= 0.6 is 0 Å². The molecule has 2 aliphatic carbocycles. The maximum Gasteiger partial charge on any atom is 0.303 e. The van der Waals surface area contributed by atoms with Gasteiger partial charge in [0.2, 0.25) is 5.91 Å². The summed E-state index contributed by atoms with van der Waals surface area (Å²) in [7, 11) is 0.499. The Balaban J connectivity index is 1.41. The van der Waals surface area contributed by atoms with Crippen LogP contribution < -0.4 is 9.46 Å². The minimum atomic E-state index is -3.97. The van der Waals surface area contributed by atoms with Gasteiger partial charge in [0.25, 0.3) is 5.91 Å². The fraction of sp³-hybridized carbons (Fsp3) is 0.556. The molecule has 2 aliphatic heterocycles. The van der Waals surface area contributed by atoms with E-state index in [0.717, 1.165) is 70.1 Å². The van der Waals surface area contributed by atoms with Crippen molar-refractivity contribution in [3.05, 3.63) is 53.1 Å². The van der Waals surface area contributed by atoms with Crippen LogP contribution in [0.5, 0.6) is 5.75 Å². The van der Waals surface area contributed by atoms with Crippen molar-refractivity contribution < 1.29 is 22.7 Å². The first-order valence-corrected chi connectivity index (χ1v) is 18.6. The van der Waals surface area contributed by atoms with Crippen LogP contribution in [0.3, 0.4) is 0 Å². The van der Waals surface area contributed by atoms with Crippen molar-refractivity contribution in [3.63, 3.8) is 0 Å². The Morgan fingerprint density at radius 1 is 1.06 bits per heavy atom. The van der Waals surface area contributed by atoms with Crippen LogP contribution in [0.2, 0.25) is 0 Å². The van der Waals surface area contributed by atoms with E-state index < -0.39 is 21.5 Å². The third-order valence-electron chi connectivity index (χ3n) is 11.4. The van der Waals surface area contributed by atoms with Gasteiger partial charge in [-0.25, -0.2) is 4.72 Å². The molecule has 0 bridgehead atoms. The summed E-state index contributed by atoms with van der Waals surface area (Å²) in [6, 6.07) is 12.2. The molecule has 3 atom stereocenters. The molecule has 2 amide bonds. The number of ether oxygens (including phenoxy) is 1. The van der Waals surface area contributed by atoms with Gasteiger partial charge >= 0.3 is 10.2 Å². The van der Waals surface area contributed by atoms with E-state index in [4.69, 9.17) is 4.74 Å². The number of carbonyl (C=O) groups is 2. The van der Waals surface area contributed by atoms with Crippen LogP contribution in [0.15, 0.2) is 36.4 Å². The molecule has 47 heavy (non-hydrogen) atoms. The average molecular weight is 662 g/mol. The molecule has 2 saturated carbocycles. The number of nitrogens with zero attached hydrogens (tertiary/aromatic N) is 4. The zero-order valence-corrected chi connectivity index (χ0v) is 29.0. The number of benzene rings is 2. The molecule has 2 aromatic carbocycles. The molecule has 1 aromatic heterocycles. The van der Waals surface area contributed by atoms with E-state index >= 15 is 0 Å². The number of rotatable bonds is 7. The maximum atomic E-state index is 14.8. The quantitative estimate of drug-likeness (QED) is 0.385. The van der Waals surface area contributed by atoms with Crippen LogP contribution in [0, 0.1) is 5.41 Å². The number of nitrogens with one attached hydrogen (secondary N) is 1. The summed E-state index contributed by atoms with van der Waals surface area (Å²) in [5, 5.41) is 1.08. The van der Waals surface area contributed by atoms with Gasteiger partial charge < -0.3 is 14.2 Å². The fourth-order valence-electron chi connectivity index (χ4n) is 8.65. The Labute approximate surface area is 278 Å². The molecule has 1 saturated heterocycles. The number of carbonyl (C=O) groups excluding carboxylic acids is 2. The smallest absolute Gasteiger partial charge is 0.303 e. The first kappa shape index (κ1) is 32.2. The Kier molecular flexibility index (Phi) is 8.16. The van der Waals surface area contributed by atoms with Gasteiger partial charge in [-0.2, -0.15) is 12.7 Å². The second kappa shape index (κ2) is 11.9. The van der Waals surface area contributed by atoms with E-state index in [9.17, 15) is 18.0 Å². The molecule has 11 heteroatoms. The number of piperazine rings is 1. The van der Waals surface area contributed by atoms with Crippen LogP contribution in [-0.2, 0) is 21.5 Å². The van der Waals surface area contributed by atoms with Gasteiger partial charge in [0, 0.05) is 74.3 Å². The molecule has 0 radical (unpaired) electrons. The minimum absolute atomic E-state index is 0.0606. The zero-order chi connectivity index (χ0) is 33.2. The van der Waals surface area contributed by atoms with Crippen molar-refractivity contribution in [2.75, 3.05) is 47.4 Å². The standard InChI is InChI=1S/C36H47N5O5S/c1-6-39-16-17-40(21-23(39)2)35(43)36-20-30(36)29-19-26(46-5)13-15-27(29)33-32(24-10-8-7-9-11-24)28-14-12-25(18-31(28)41(33)22-36)34(42)37-47(44,45)38(3)4/h12-15,18-19,23-24,30H,6-11,16-17,20-22H2,1-5H3,(H,37,42). The van der Waals surface area contributed by atoms with Crippen molar-refractivity contribution in [2.24, 2.45) is 5.41 Å². The zero-order valence-electron chi connectivity index (χ0n) is 28.2. The summed E-state index contributed by atoms with van der Waals surface area (Å²) in [6.45, 7) is 8.15. The molecule has 4 aliphatic rings. The maximum absolute atomic E-state index is 14.8. The number of amides is 2. The Morgan fingerprint density at radius 3 is 2.51 bits per heavy atom. The lowest BCUT2D eigenvalue weighted by Gasteiger charge is -2.41. The molecule has 7 rings (SSSR count). The number of hydrogen-bond acceptors (Lipinski definition) is 6. The van der Waals surface area contributed by atoms with E-state index in [1.165, 1.54) is 38.9 Å². The Bertz CT molecular complexity index is 1850. The third-order valence-corrected chi connectivity index (χ3v) is 12.8.